The molecule has 2 aromatic heterocycles. The largest absolute Gasteiger partial charge is 0.496 e. The zero-order valence-electron chi connectivity index (χ0n) is 15.5. The van der Waals surface area contributed by atoms with Gasteiger partial charge in [0, 0.05) is 29.2 Å². The fourth-order valence-corrected chi connectivity index (χ4v) is 4.52. The van der Waals surface area contributed by atoms with Gasteiger partial charge in [0.1, 0.15) is 28.2 Å². The molecule has 0 fully saturated rings. The third-order valence-corrected chi connectivity index (χ3v) is 5.83. The minimum atomic E-state index is -0.323. The highest BCUT2D eigenvalue weighted by Gasteiger charge is 2.34. The first-order chi connectivity index (χ1) is 14.2. The Labute approximate surface area is 170 Å². The van der Waals surface area contributed by atoms with E-state index in [-0.39, 0.29) is 23.7 Å². The van der Waals surface area contributed by atoms with Gasteiger partial charge in [-0.2, -0.15) is 11.3 Å². The van der Waals surface area contributed by atoms with E-state index < -0.39 is 0 Å². The number of hydrogen-bond acceptors (Lipinski definition) is 6. The molecule has 5 nitrogen and oxygen atoms in total. The molecule has 0 aliphatic carbocycles. The molecule has 1 atom stereocenters. The molecular weight excluding hydrogens is 388 g/mol. The second kappa shape index (κ2) is 6.90. The van der Waals surface area contributed by atoms with Crippen LogP contribution in [0.4, 0.5) is 0 Å². The zero-order chi connectivity index (χ0) is 20.0. The third kappa shape index (κ3) is 2.93. The number of methoxy groups -OCH3 is 1. The molecule has 0 unspecified atom stereocenters. The Bertz CT molecular complexity index is 1270. The van der Waals surface area contributed by atoms with Crippen LogP contribution < -0.4 is 14.9 Å². The van der Waals surface area contributed by atoms with Gasteiger partial charge in [0.25, 0.3) is 0 Å². The molecule has 0 radical (unpaired) electrons. The number of rotatable bonds is 3. The van der Waals surface area contributed by atoms with Gasteiger partial charge >= 0.3 is 5.97 Å². The topological polar surface area (TPSA) is 65.7 Å². The molecule has 0 saturated carbocycles. The van der Waals surface area contributed by atoms with E-state index in [0.29, 0.717) is 33.8 Å². The highest BCUT2D eigenvalue weighted by molar-refractivity contribution is 7.08. The average Bonchev–Trinajstić information content (AvgIpc) is 3.27. The molecule has 144 valence electrons. The fraction of sp³-hybridized carbons (Fsp3) is 0.130. The van der Waals surface area contributed by atoms with Crippen molar-refractivity contribution < 1.29 is 18.7 Å². The highest BCUT2D eigenvalue weighted by atomic mass is 32.1. The van der Waals surface area contributed by atoms with Crippen LogP contribution in [0.15, 0.2) is 68.5 Å². The van der Waals surface area contributed by atoms with Crippen molar-refractivity contribution >= 4 is 28.3 Å². The number of carbonyl (C=O) groups excluding carboxylic acids is 1. The molecule has 3 heterocycles. The molecule has 0 bridgehead atoms. The van der Waals surface area contributed by atoms with Crippen LogP contribution in [0.2, 0.25) is 0 Å². The van der Waals surface area contributed by atoms with Crippen LogP contribution in [0.3, 0.4) is 0 Å². The van der Waals surface area contributed by atoms with Crippen LogP contribution in [0.5, 0.6) is 11.5 Å². The summed E-state index contributed by atoms with van der Waals surface area (Å²) in [6, 6.07) is 14.5. The number of hydrogen-bond donors (Lipinski definition) is 0. The van der Waals surface area contributed by atoms with Crippen molar-refractivity contribution in [1.29, 1.82) is 0 Å². The van der Waals surface area contributed by atoms with Crippen LogP contribution in [-0.2, 0) is 4.79 Å². The maximum Gasteiger partial charge on any atom is 0.312 e. The average molecular weight is 404 g/mol. The molecule has 0 spiro atoms. The second-order valence-electron chi connectivity index (χ2n) is 6.82. The van der Waals surface area contributed by atoms with Gasteiger partial charge < -0.3 is 13.9 Å². The first kappa shape index (κ1) is 17.7. The highest BCUT2D eigenvalue weighted by Crippen LogP contribution is 2.46. The molecule has 0 N–H and O–H groups in total. The maximum absolute atomic E-state index is 13.1. The van der Waals surface area contributed by atoms with Crippen LogP contribution >= 0.6 is 11.3 Å². The molecule has 6 heteroatoms. The summed E-state index contributed by atoms with van der Waals surface area (Å²) < 4.78 is 17.2. The van der Waals surface area contributed by atoms with Crippen molar-refractivity contribution in [2.45, 2.75) is 12.3 Å². The lowest BCUT2D eigenvalue weighted by Gasteiger charge is -2.25. The molecular formula is C23H16O5S. The van der Waals surface area contributed by atoms with Crippen LogP contribution in [0.25, 0.3) is 22.3 Å². The molecule has 0 amide bonds. The van der Waals surface area contributed by atoms with Gasteiger partial charge in [-0.3, -0.25) is 9.59 Å². The smallest absolute Gasteiger partial charge is 0.312 e. The predicted octanol–water partition coefficient (Wildman–Crippen LogP) is 4.97. The van der Waals surface area contributed by atoms with Crippen LogP contribution in [0.1, 0.15) is 23.5 Å². The zero-order valence-corrected chi connectivity index (χ0v) is 16.3. The second-order valence-corrected chi connectivity index (χ2v) is 7.60. The van der Waals surface area contributed by atoms with Crippen LogP contribution in [0, 0.1) is 0 Å². The van der Waals surface area contributed by atoms with E-state index in [4.69, 9.17) is 13.9 Å². The van der Waals surface area contributed by atoms with Gasteiger partial charge in [0.15, 0.2) is 5.43 Å². The van der Waals surface area contributed by atoms with Crippen molar-refractivity contribution in [3.63, 3.8) is 0 Å². The van der Waals surface area contributed by atoms with Gasteiger partial charge in [-0.1, -0.05) is 30.3 Å². The van der Waals surface area contributed by atoms with E-state index in [0.717, 1.165) is 11.1 Å². The Morgan fingerprint density at radius 3 is 2.66 bits per heavy atom. The number of carbonyl (C=O) groups is 1. The van der Waals surface area contributed by atoms with E-state index in [1.165, 1.54) is 13.2 Å². The minimum absolute atomic E-state index is 0.185. The Morgan fingerprint density at radius 2 is 1.93 bits per heavy atom. The summed E-state index contributed by atoms with van der Waals surface area (Å²) in [4.78, 5) is 25.3. The Hall–Kier alpha value is -3.38. The van der Waals surface area contributed by atoms with Crippen LogP contribution in [-0.4, -0.2) is 13.1 Å². The van der Waals surface area contributed by atoms with Gasteiger partial charge in [-0.15, -0.1) is 0 Å². The maximum atomic E-state index is 13.1. The first-order valence-electron chi connectivity index (χ1n) is 9.12. The summed E-state index contributed by atoms with van der Waals surface area (Å²) in [5, 5.41) is 4.32. The van der Waals surface area contributed by atoms with Gasteiger partial charge in [-0.05, 0) is 22.4 Å². The summed E-state index contributed by atoms with van der Waals surface area (Å²) in [5.74, 6) is 0.581. The molecule has 29 heavy (non-hydrogen) atoms. The SMILES string of the molecule is COc1cc2c(c3oc(-c4ccccc4)cc(=O)c13)[C@H](c1ccsc1)CC(=O)O2. The van der Waals surface area contributed by atoms with Gasteiger partial charge in [0.05, 0.1) is 13.5 Å². The lowest BCUT2D eigenvalue weighted by molar-refractivity contribution is -0.135. The van der Waals surface area contributed by atoms with E-state index >= 15 is 0 Å². The van der Waals surface area contributed by atoms with E-state index in [2.05, 4.69) is 0 Å². The minimum Gasteiger partial charge on any atom is -0.496 e. The quantitative estimate of drug-likeness (QED) is 0.356. The summed E-state index contributed by atoms with van der Waals surface area (Å²) in [6.07, 6.45) is 0.185. The number of esters is 1. The monoisotopic (exact) mass is 404 g/mol. The molecule has 1 aliphatic heterocycles. The molecule has 4 aromatic rings. The van der Waals surface area contributed by atoms with E-state index in [1.54, 1.807) is 17.4 Å². The van der Waals surface area contributed by atoms with Gasteiger partial charge in [0.2, 0.25) is 0 Å². The van der Waals surface area contributed by atoms with Crippen molar-refractivity contribution in [1.82, 2.24) is 0 Å². The van der Waals surface area contributed by atoms with Crippen molar-refractivity contribution in [3.05, 3.63) is 80.6 Å². The molecule has 0 saturated heterocycles. The molecule has 5 rings (SSSR count). The Balaban J connectivity index is 1.87. The third-order valence-electron chi connectivity index (χ3n) is 5.13. The van der Waals surface area contributed by atoms with Crippen molar-refractivity contribution in [3.8, 4) is 22.8 Å². The van der Waals surface area contributed by atoms with Crippen molar-refractivity contribution in [2.24, 2.45) is 0 Å². The standard InChI is InChI=1S/C23H16O5S/c1-26-18-11-19-21(15(9-20(25)27-19)14-7-8-29-12-14)23-22(18)16(24)10-17(28-23)13-5-3-2-4-6-13/h2-8,10-12,15H,9H2,1H3/t15-/m0/s1. The van der Waals surface area contributed by atoms with Crippen molar-refractivity contribution in [2.75, 3.05) is 7.11 Å². The summed E-state index contributed by atoms with van der Waals surface area (Å²) in [6.45, 7) is 0. The number of benzene rings is 2. The molecule has 1 aliphatic rings. The number of ether oxygens (including phenoxy) is 2. The number of fused-ring (bicyclic) bond motifs is 3. The summed E-state index contributed by atoms with van der Waals surface area (Å²) in [5.41, 5.74) is 2.68. The summed E-state index contributed by atoms with van der Waals surface area (Å²) in [7, 11) is 1.48. The van der Waals surface area contributed by atoms with Gasteiger partial charge in [-0.25, -0.2) is 0 Å². The fourth-order valence-electron chi connectivity index (χ4n) is 3.81. The normalized spacial score (nSPS) is 15.8. The number of thiophene rings is 1. The first-order valence-corrected chi connectivity index (χ1v) is 10.1. The summed E-state index contributed by atoms with van der Waals surface area (Å²) >= 11 is 1.56. The van der Waals surface area contributed by atoms with E-state index in [9.17, 15) is 9.59 Å². The lowest BCUT2D eigenvalue weighted by Crippen LogP contribution is -2.22. The predicted molar refractivity (Wildman–Crippen MR) is 111 cm³/mol. The Morgan fingerprint density at radius 1 is 1.10 bits per heavy atom. The van der Waals surface area contributed by atoms with E-state index in [1.807, 2.05) is 47.2 Å². The Kier molecular flexibility index (Phi) is 4.21. The lowest BCUT2D eigenvalue weighted by atomic mass is 9.86. The molecule has 2 aromatic carbocycles.